The number of amidine groups is 1. The fourth-order valence-corrected chi connectivity index (χ4v) is 4.73. The number of nitrogens with one attached hydrogen (secondary N) is 1. The highest BCUT2D eigenvalue weighted by atomic mass is 79.9. The van der Waals surface area contributed by atoms with Gasteiger partial charge in [-0.2, -0.15) is 0 Å². The van der Waals surface area contributed by atoms with Gasteiger partial charge < -0.3 is 15.8 Å². The van der Waals surface area contributed by atoms with Gasteiger partial charge in [-0.3, -0.25) is 9.79 Å². The second kappa shape index (κ2) is 6.96. The third-order valence-electron chi connectivity index (χ3n) is 4.46. The Morgan fingerprint density at radius 2 is 2.42 bits per heavy atom. The number of hydrogen-bond donors (Lipinski definition) is 2. The molecule has 2 unspecified atom stereocenters. The van der Waals surface area contributed by atoms with Crippen molar-refractivity contribution in [2.24, 2.45) is 10.7 Å². The molecule has 7 heteroatoms. The van der Waals surface area contributed by atoms with Crippen LogP contribution in [0.2, 0.25) is 0 Å². The van der Waals surface area contributed by atoms with E-state index in [1.54, 1.807) is 18.7 Å². The van der Waals surface area contributed by atoms with Crippen LogP contribution in [0.1, 0.15) is 38.7 Å². The van der Waals surface area contributed by atoms with Crippen molar-refractivity contribution in [3.8, 4) is 5.75 Å². The molecule has 0 fully saturated rings. The maximum Gasteiger partial charge on any atom is 0.217 e. The van der Waals surface area contributed by atoms with Crippen molar-refractivity contribution in [3.05, 3.63) is 28.2 Å². The smallest absolute Gasteiger partial charge is 0.217 e. The molecule has 1 amide bonds. The lowest BCUT2D eigenvalue weighted by atomic mass is 9.82. The van der Waals surface area contributed by atoms with Crippen LogP contribution in [-0.2, 0) is 10.3 Å². The van der Waals surface area contributed by atoms with Crippen LogP contribution in [0.4, 0.5) is 0 Å². The summed E-state index contributed by atoms with van der Waals surface area (Å²) in [6, 6.07) is 6.22. The number of halogens is 1. The lowest BCUT2D eigenvalue weighted by Crippen LogP contribution is -2.39. The number of ether oxygens (including phenoxy) is 1. The number of nitrogens with two attached hydrogens (primary N) is 1. The van der Waals surface area contributed by atoms with Crippen molar-refractivity contribution >= 4 is 38.8 Å². The van der Waals surface area contributed by atoms with Crippen LogP contribution >= 0.6 is 27.7 Å². The predicted molar refractivity (Wildman–Crippen MR) is 101 cm³/mol. The van der Waals surface area contributed by atoms with Crippen LogP contribution in [0, 0.1) is 0 Å². The quantitative estimate of drug-likeness (QED) is 0.797. The average Bonchev–Trinajstić information content (AvgIpc) is 2.87. The molecule has 3 atom stereocenters. The van der Waals surface area contributed by atoms with E-state index in [1.165, 1.54) is 0 Å². The first-order chi connectivity index (χ1) is 11.4. The molecule has 0 radical (unpaired) electrons. The van der Waals surface area contributed by atoms with Crippen molar-refractivity contribution in [2.45, 2.75) is 50.8 Å². The van der Waals surface area contributed by atoms with Gasteiger partial charge in [0.05, 0.1) is 0 Å². The number of carbonyl (C=O) groups excluding carboxylic acids is 1. The van der Waals surface area contributed by atoms with Gasteiger partial charge >= 0.3 is 0 Å². The van der Waals surface area contributed by atoms with Gasteiger partial charge in [-0.25, -0.2) is 0 Å². The van der Waals surface area contributed by atoms with Crippen LogP contribution in [0.25, 0.3) is 0 Å². The van der Waals surface area contributed by atoms with Gasteiger partial charge in [0.25, 0.3) is 0 Å². The molecule has 0 bridgehead atoms. The van der Waals surface area contributed by atoms with Gasteiger partial charge in [-0.1, -0.05) is 27.7 Å². The molecular weight excluding hydrogens is 390 g/mol. The van der Waals surface area contributed by atoms with E-state index in [-0.39, 0.29) is 23.6 Å². The Hall–Kier alpha value is -1.21. The van der Waals surface area contributed by atoms with Crippen LogP contribution in [0.15, 0.2) is 27.7 Å². The van der Waals surface area contributed by atoms with Crippen LogP contribution < -0.4 is 15.8 Å². The number of nitrogens with zero attached hydrogens (tertiary/aromatic N) is 1. The van der Waals surface area contributed by atoms with E-state index in [4.69, 9.17) is 15.5 Å². The summed E-state index contributed by atoms with van der Waals surface area (Å²) in [5, 5.41) is 3.57. The number of carbonyl (C=O) groups is 1. The fourth-order valence-electron chi connectivity index (χ4n) is 3.40. The topological polar surface area (TPSA) is 76.7 Å². The minimum Gasteiger partial charge on any atom is -0.490 e. The largest absolute Gasteiger partial charge is 0.490 e. The Bertz CT molecular complexity index is 682. The normalized spacial score (nSPS) is 26.5. The van der Waals surface area contributed by atoms with E-state index in [1.807, 2.05) is 19.1 Å². The molecule has 1 aromatic carbocycles. The number of amides is 1. The molecule has 2 heterocycles. The van der Waals surface area contributed by atoms with Crippen molar-refractivity contribution in [1.82, 2.24) is 5.32 Å². The molecule has 3 N–H and O–H groups in total. The maximum absolute atomic E-state index is 11.2. The Kier molecular flexibility index (Phi) is 5.11. The van der Waals surface area contributed by atoms with Crippen LogP contribution in [0.5, 0.6) is 5.75 Å². The third-order valence-corrected chi connectivity index (χ3v) is 5.96. The molecule has 0 aromatic heterocycles. The molecule has 0 saturated carbocycles. The third kappa shape index (κ3) is 3.72. The molecule has 24 heavy (non-hydrogen) atoms. The lowest BCUT2D eigenvalue weighted by Gasteiger charge is -2.38. The van der Waals surface area contributed by atoms with E-state index in [9.17, 15) is 4.79 Å². The summed E-state index contributed by atoms with van der Waals surface area (Å²) in [6.45, 7) is 3.57. The average molecular weight is 412 g/mol. The zero-order valence-electron chi connectivity index (χ0n) is 13.8. The highest BCUT2D eigenvalue weighted by Gasteiger charge is 2.44. The molecule has 130 valence electrons. The predicted octanol–water partition coefficient (Wildman–Crippen LogP) is 3.16. The minimum absolute atomic E-state index is 0.00305. The SMILES string of the molecule is CC(=O)NC(C)CC[C@H]1CC2(CSC(N)=N2)c2cc(Br)ccc2O1. The molecular formula is C17H22BrN3O2S. The minimum atomic E-state index is -0.298. The first-order valence-corrected chi connectivity index (χ1v) is 9.88. The summed E-state index contributed by atoms with van der Waals surface area (Å²) < 4.78 is 7.23. The summed E-state index contributed by atoms with van der Waals surface area (Å²) in [5.74, 6) is 1.74. The van der Waals surface area contributed by atoms with Crippen LogP contribution in [-0.4, -0.2) is 29.0 Å². The monoisotopic (exact) mass is 411 g/mol. The number of thioether (sulfide) groups is 1. The maximum atomic E-state index is 11.2. The van der Waals surface area contributed by atoms with Gasteiger partial charge in [-0.15, -0.1) is 0 Å². The Morgan fingerprint density at radius 1 is 1.62 bits per heavy atom. The number of hydrogen-bond acceptors (Lipinski definition) is 5. The zero-order valence-corrected chi connectivity index (χ0v) is 16.2. The van der Waals surface area contributed by atoms with Gasteiger partial charge in [0, 0.05) is 35.2 Å². The Labute approximate surface area is 154 Å². The highest BCUT2D eigenvalue weighted by Crippen LogP contribution is 2.48. The molecule has 0 saturated heterocycles. The van der Waals surface area contributed by atoms with E-state index >= 15 is 0 Å². The van der Waals surface area contributed by atoms with E-state index in [0.29, 0.717) is 5.17 Å². The number of benzene rings is 1. The van der Waals surface area contributed by atoms with Crippen molar-refractivity contribution in [1.29, 1.82) is 0 Å². The Morgan fingerprint density at radius 3 is 3.08 bits per heavy atom. The molecule has 5 nitrogen and oxygen atoms in total. The van der Waals surface area contributed by atoms with Gasteiger partial charge in [0.2, 0.25) is 5.91 Å². The standard InChI is InChI=1S/C17H22BrN3O2S/c1-10(20-11(2)22)3-5-13-8-17(9-24-16(19)21-17)14-7-12(18)4-6-15(14)23-13/h4,6-7,10,13H,3,5,8-9H2,1-2H3,(H2,19,21)(H,20,22)/t10?,13-,17?/m0/s1. The fraction of sp³-hybridized carbons (Fsp3) is 0.529. The molecule has 1 spiro atoms. The molecule has 2 aliphatic rings. The molecule has 2 aliphatic heterocycles. The van der Waals surface area contributed by atoms with Crippen molar-refractivity contribution < 1.29 is 9.53 Å². The van der Waals surface area contributed by atoms with E-state index in [0.717, 1.165) is 40.8 Å². The summed E-state index contributed by atoms with van der Waals surface area (Å²) >= 11 is 5.15. The molecule has 0 aliphatic carbocycles. The molecule has 1 aromatic rings. The first kappa shape index (κ1) is 17.6. The highest BCUT2D eigenvalue weighted by molar-refractivity contribution is 9.10. The second-order valence-electron chi connectivity index (χ2n) is 6.53. The van der Waals surface area contributed by atoms with Crippen molar-refractivity contribution in [2.75, 3.05) is 5.75 Å². The summed E-state index contributed by atoms with van der Waals surface area (Å²) in [5.41, 5.74) is 6.78. The van der Waals surface area contributed by atoms with Gasteiger partial charge in [-0.05, 0) is 38.0 Å². The van der Waals surface area contributed by atoms with Crippen LogP contribution in [0.3, 0.4) is 0 Å². The first-order valence-electron chi connectivity index (χ1n) is 8.10. The van der Waals surface area contributed by atoms with E-state index < -0.39 is 0 Å². The number of aliphatic imine (C=N–C) groups is 1. The second-order valence-corrected chi connectivity index (χ2v) is 8.44. The van der Waals surface area contributed by atoms with Gasteiger partial charge in [0.1, 0.15) is 17.4 Å². The summed E-state index contributed by atoms with van der Waals surface area (Å²) in [7, 11) is 0. The van der Waals surface area contributed by atoms with Gasteiger partial charge in [0.15, 0.2) is 5.17 Å². The molecule has 3 rings (SSSR count). The summed E-state index contributed by atoms with van der Waals surface area (Å²) in [4.78, 5) is 15.9. The zero-order chi connectivity index (χ0) is 17.3. The summed E-state index contributed by atoms with van der Waals surface area (Å²) in [6.07, 6.45) is 2.64. The lowest BCUT2D eigenvalue weighted by molar-refractivity contribution is -0.119. The number of fused-ring (bicyclic) bond motifs is 2. The number of rotatable bonds is 4. The van der Waals surface area contributed by atoms with Crippen molar-refractivity contribution in [3.63, 3.8) is 0 Å². The Balaban J connectivity index is 1.79. The van der Waals surface area contributed by atoms with E-state index in [2.05, 4.69) is 27.3 Å².